The number of hydrogen-bond donors (Lipinski definition) is 2. The maximum absolute atomic E-state index is 7.43. The van der Waals surface area contributed by atoms with Gasteiger partial charge in [0.25, 0.3) is 0 Å². The van der Waals surface area contributed by atoms with Gasteiger partial charge < -0.3 is 5.73 Å². The van der Waals surface area contributed by atoms with Crippen LogP contribution in [0.4, 0.5) is 0 Å². The van der Waals surface area contributed by atoms with E-state index in [2.05, 4.69) is 20.2 Å². The van der Waals surface area contributed by atoms with Crippen molar-refractivity contribution in [3.63, 3.8) is 0 Å². The molecule has 0 fully saturated rings. The molecule has 7 heteroatoms. The molecule has 2 rings (SSSR count). The lowest BCUT2D eigenvalue weighted by atomic mass is 10.3. The number of nitrogens with zero attached hydrogens (tertiary/aromatic N) is 4. The maximum atomic E-state index is 7.43. The van der Waals surface area contributed by atoms with Gasteiger partial charge in [-0.1, -0.05) is 0 Å². The molecule has 0 aliphatic heterocycles. The van der Waals surface area contributed by atoms with E-state index >= 15 is 0 Å². The Hall–Kier alpha value is -2.02. The highest BCUT2D eigenvalue weighted by atomic mass is 32.2. The predicted octanol–water partition coefficient (Wildman–Crippen LogP) is 1.01. The number of aromatic nitrogens is 4. The fourth-order valence-corrected chi connectivity index (χ4v) is 1.88. The minimum atomic E-state index is -0.0467. The molecule has 6 nitrogen and oxygen atoms in total. The Balaban J connectivity index is 2.30. The zero-order valence-corrected chi connectivity index (χ0v) is 9.90. The summed E-state index contributed by atoms with van der Waals surface area (Å²) in [5, 5.41) is 16.2. The van der Waals surface area contributed by atoms with Crippen molar-refractivity contribution in [2.24, 2.45) is 5.73 Å². The van der Waals surface area contributed by atoms with Crippen LogP contribution in [-0.2, 0) is 0 Å². The lowest BCUT2D eigenvalue weighted by molar-refractivity contribution is 0.901. The largest absolute Gasteiger partial charge is 0.384 e. The fourth-order valence-electron chi connectivity index (χ4n) is 1.12. The average Bonchev–Trinajstić information content (AvgIpc) is 2.32. The molecule has 3 N–H and O–H groups in total. The Labute approximate surface area is 102 Å². The molecule has 0 unspecified atom stereocenters. The predicted molar refractivity (Wildman–Crippen MR) is 63.9 cm³/mol. The third kappa shape index (κ3) is 2.76. The summed E-state index contributed by atoms with van der Waals surface area (Å²) >= 11 is 1.23. The molecule has 0 amide bonds. The van der Waals surface area contributed by atoms with Crippen LogP contribution in [0.2, 0.25) is 0 Å². The van der Waals surface area contributed by atoms with Crippen LogP contribution in [-0.4, -0.2) is 26.0 Å². The Bertz CT molecular complexity index is 539. The molecule has 86 valence electrons. The first-order valence-electron chi connectivity index (χ1n) is 4.79. The number of hydrogen-bond acceptors (Lipinski definition) is 6. The summed E-state index contributed by atoms with van der Waals surface area (Å²) in [7, 11) is 0. The van der Waals surface area contributed by atoms with Gasteiger partial charge in [-0.3, -0.25) is 5.41 Å². The van der Waals surface area contributed by atoms with Crippen molar-refractivity contribution in [1.29, 1.82) is 5.41 Å². The van der Waals surface area contributed by atoms with Crippen molar-refractivity contribution in [2.75, 3.05) is 0 Å². The first kappa shape index (κ1) is 11.5. The van der Waals surface area contributed by atoms with Gasteiger partial charge >= 0.3 is 0 Å². The molecular weight excluding hydrogens is 236 g/mol. The zero-order chi connectivity index (χ0) is 12.3. The third-order valence-electron chi connectivity index (χ3n) is 1.92. The second kappa shape index (κ2) is 4.88. The van der Waals surface area contributed by atoms with Gasteiger partial charge in [-0.2, -0.15) is 5.10 Å². The number of nitrogens with one attached hydrogen (secondary N) is 1. The normalized spacial score (nSPS) is 10.2. The Morgan fingerprint density at radius 1 is 1.35 bits per heavy atom. The summed E-state index contributed by atoms with van der Waals surface area (Å²) in [6.45, 7) is 1.91. The number of amidine groups is 1. The number of nitrogens with two attached hydrogens (primary N) is 1. The van der Waals surface area contributed by atoms with Crippen molar-refractivity contribution in [3.8, 4) is 0 Å². The fraction of sp³-hybridized carbons (Fsp3) is 0.100. The van der Waals surface area contributed by atoms with Gasteiger partial charge in [0.1, 0.15) is 10.9 Å². The standard InChI is InChI=1S/C10H10N6S/c1-6-4-13-10(14-5-6)17-9-7(8(11)12)2-3-15-16-9/h2-5H,1H3,(H3,11,12). The van der Waals surface area contributed by atoms with Gasteiger partial charge in [-0.15, -0.1) is 5.10 Å². The van der Waals surface area contributed by atoms with Crippen molar-refractivity contribution < 1.29 is 0 Å². The second-order valence-corrected chi connectivity index (χ2v) is 4.26. The molecule has 0 aliphatic rings. The minimum Gasteiger partial charge on any atom is -0.384 e. The first-order valence-corrected chi connectivity index (χ1v) is 5.61. The van der Waals surface area contributed by atoms with Gasteiger partial charge in [-0.25, -0.2) is 9.97 Å². The smallest absolute Gasteiger partial charge is 0.193 e. The van der Waals surface area contributed by atoms with Gasteiger partial charge in [0.05, 0.1) is 11.8 Å². The van der Waals surface area contributed by atoms with Gasteiger partial charge in [-0.05, 0) is 30.3 Å². The van der Waals surface area contributed by atoms with E-state index in [4.69, 9.17) is 11.1 Å². The first-order chi connectivity index (χ1) is 8.16. The van der Waals surface area contributed by atoms with Crippen molar-refractivity contribution >= 4 is 17.6 Å². The molecular formula is C10H10N6S. The Kier molecular flexibility index (Phi) is 3.29. The van der Waals surface area contributed by atoms with Crippen LogP contribution in [0.5, 0.6) is 0 Å². The monoisotopic (exact) mass is 246 g/mol. The molecule has 0 radical (unpaired) electrons. The Morgan fingerprint density at radius 2 is 2.06 bits per heavy atom. The summed E-state index contributed by atoms with van der Waals surface area (Å²) < 4.78 is 0. The Morgan fingerprint density at radius 3 is 2.71 bits per heavy atom. The van der Waals surface area contributed by atoms with E-state index in [0.717, 1.165) is 5.56 Å². The van der Waals surface area contributed by atoms with E-state index in [1.807, 2.05) is 6.92 Å². The molecule has 17 heavy (non-hydrogen) atoms. The molecule has 0 aromatic carbocycles. The quantitative estimate of drug-likeness (QED) is 0.476. The van der Waals surface area contributed by atoms with E-state index in [1.54, 1.807) is 18.5 Å². The maximum Gasteiger partial charge on any atom is 0.193 e. The molecule has 2 aromatic rings. The molecule has 0 saturated heterocycles. The molecule has 0 saturated carbocycles. The molecule has 0 atom stereocenters. The van der Waals surface area contributed by atoms with Crippen molar-refractivity contribution in [3.05, 3.63) is 35.8 Å². The topological polar surface area (TPSA) is 101 Å². The number of nitrogen functional groups attached to an aromatic ring is 1. The number of rotatable bonds is 3. The molecule has 0 aliphatic carbocycles. The summed E-state index contributed by atoms with van der Waals surface area (Å²) in [5.41, 5.74) is 6.98. The minimum absolute atomic E-state index is 0.0467. The third-order valence-corrected chi connectivity index (χ3v) is 2.81. The molecule has 2 aromatic heterocycles. The highest BCUT2D eigenvalue weighted by molar-refractivity contribution is 7.99. The molecule has 0 spiro atoms. The van der Waals surface area contributed by atoms with Crippen molar-refractivity contribution in [1.82, 2.24) is 20.2 Å². The second-order valence-electron chi connectivity index (χ2n) is 3.31. The summed E-state index contributed by atoms with van der Waals surface area (Å²) in [6.07, 6.45) is 4.94. The highest BCUT2D eigenvalue weighted by Crippen LogP contribution is 2.24. The van der Waals surface area contributed by atoms with Gasteiger partial charge in [0, 0.05) is 12.4 Å². The summed E-state index contributed by atoms with van der Waals surface area (Å²) in [4.78, 5) is 8.29. The summed E-state index contributed by atoms with van der Waals surface area (Å²) in [5.74, 6) is -0.0467. The van der Waals surface area contributed by atoms with Gasteiger partial charge in [0.15, 0.2) is 5.16 Å². The van der Waals surface area contributed by atoms with Gasteiger partial charge in [0.2, 0.25) is 0 Å². The van der Waals surface area contributed by atoms with E-state index in [9.17, 15) is 0 Å². The van der Waals surface area contributed by atoms with Crippen molar-refractivity contribution in [2.45, 2.75) is 17.1 Å². The molecule has 0 bridgehead atoms. The van der Waals surface area contributed by atoms with E-state index in [-0.39, 0.29) is 5.84 Å². The van der Waals surface area contributed by atoms with Crippen LogP contribution < -0.4 is 5.73 Å². The SMILES string of the molecule is Cc1cnc(Sc2nnccc2C(=N)N)nc1. The van der Waals surface area contributed by atoms with Crippen LogP contribution >= 0.6 is 11.8 Å². The lowest BCUT2D eigenvalue weighted by Crippen LogP contribution is -2.13. The molecule has 2 heterocycles. The van der Waals surface area contributed by atoms with Crippen LogP contribution in [0.3, 0.4) is 0 Å². The van der Waals surface area contributed by atoms with Crippen LogP contribution in [0, 0.1) is 12.3 Å². The van der Waals surface area contributed by atoms with E-state index in [0.29, 0.717) is 15.7 Å². The number of aryl methyl sites for hydroxylation is 1. The van der Waals surface area contributed by atoms with Crippen LogP contribution in [0.25, 0.3) is 0 Å². The lowest BCUT2D eigenvalue weighted by Gasteiger charge is -2.03. The highest BCUT2D eigenvalue weighted by Gasteiger charge is 2.10. The summed E-state index contributed by atoms with van der Waals surface area (Å²) in [6, 6.07) is 1.64. The van der Waals surface area contributed by atoms with Crippen LogP contribution in [0.1, 0.15) is 11.1 Å². The average molecular weight is 246 g/mol. The van der Waals surface area contributed by atoms with E-state index < -0.39 is 0 Å². The van der Waals surface area contributed by atoms with E-state index in [1.165, 1.54) is 18.0 Å². The van der Waals surface area contributed by atoms with Crippen LogP contribution in [0.15, 0.2) is 34.8 Å². The zero-order valence-electron chi connectivity index (χ0n) is 9.08.